The number of hydrogen-bond donors (Lipinski definition) is 0. The molecule has 0 atom stereocenters. The van der Waals surface area contributed by atoms with Gasteiger partial charge in [0.15, 0.2) is 0 Å². The molecule has 0 radical (unpaired) electrons. The van der Waals surface area contributed by atoms with Crippen LogP contribution in [0.25, 0.3) is 0 Å². The molecule has 0 aliphatic carbocycles. The van der Waals surface area contributed by atoms with Gasteiger partial charge in [-0.15, -0.1) is 11.6 Å². The topological polar surface area (TPSA) is 22.1 Å². The molecule has 0 saturated heterocycles. The van der Waals surface area contributed by atoms with E-state index in [-0.39, 0.29) is 17.2 Å². The minimum Gasteiger partial charge on any atom is -0.456 e. The van der Waals surface area contributed by atoms with E-state index >= 15 is 0 Å². The lowest BCUT2D eigenvalue weighted by molar-refractivity contribution is -0.138. The van der Waals surface area contributed by atoms with Crippen molar-refractivity contribution in [1.82, 2.24) is 4.98 Å². The highest BCUT2D eigenvalue weighted by Crippen LogP contribution is 2.36. The summed E-state index contributed by atoms with van der Waals surface area (Å²) < 4.78 is 44.7. The number of alkyl halides is 4. The zero-order valence-corrected chi connectivity index (χ0v) is 12.3. The molecule has 0 N–H and O–H groups in total. The van der Waals surface area contributed by atoms with Gasteiger partial charge in [-0.05, 0) is 39.7 Å². The van der Waals surface area contributed by atoms with Gasteiger partial charge < -0.3 is 4.74 Å². The second-order valence-corrected chi connectivity index (χ2v) is 5.07. The van der Waals surface area contributed by atoms with Crippen LogP contribution in [0.1, 0.15) is 11.1 Å². The highest BCUT2D eigenvalue weighted by Gasteiger charge is 2.33. The molecule has 0 bridgehead atoms. The minimum atomic E-state index is -4.47. The molecule has 2 aromatic rings. The Morgan fingerprint density at radius 2 is 1.90 bits per heavy atom. The van der Waals surface area contributed by atoms with Crippen LogP contribution in [0.5, 0.6) is 11.5 Å². The van der Waals surface area contributed by atoms with Crippen LogP contribution in [-0.2, 0) is 12.1 Å². The van der Waals surface area contributed by atoms with Gasteiger partial charge in [0.2, 0.25) is 0 Å². The summed E-state index contributed by atoms with van der Waals surface area (Å²) in [6.45, 7) is 0. The summed E-state index contributed by atoms with van der Waals surface area (Å²) in [6, 6.07) is 5.28. The Labute approximate surface area is 126 Å². The molecule has 0 fully saturated rings. The Bertz CT molecular complexity index is 619. The quantitative estimate of drug-likeness (QED) is 0.679. The van der Waals surface area contributed by atoms with Gasteiger partial charge in [0, 0.05) is 16.5 Å². The van der Waals surface area contributed by atoms with E-state index < -0.39 is 11.7 Å². The molecular weight excluding hydrogens is 359 g/mol. The summed E-state index contributed by atoms with van der Waals surface area (Å²) in [6.07, 6.45) is -1.52. The van der Waals surface area contributed by atoms with Crippen molar-refractivity contribution in [2.24, 2.45) is 0 Å². The first-order chi connectivity index (χ1) is 9.40. The SMILES string of the molecule is FC(F)(F)c1cc(Oc2cncc(Br)c2)ccc1CCl. The summed E-state index contributed by atoms with van der Waals surface area (Å²) in [5, 5.41) is 0. The number of rotatable bonds is 3. The third-order valence-corrected chi connectivity index (χ3v) is 3.17. The lowest BCUT2D eigenvalue weighted by atomic mass is 10.1. The fourth-order valence-electron chi connectivity index (χ4n) is 1.58. The number of aromatic nitrogens is 1. The van der Waals surface area contributed by atoms with E-state index in [0.29, 0.717) is 10.2 Å². The first kappa shape index (κ1) is 15.1. The third kappa shape index (κ3) is 3.64. The van der Waals surface area contributed by atoms with Crippen LogP contribution < -0.4 is 4.74 Å². The molecule has 0 aliphatic heterocycles. The van der Waals surface area contributed by atoms with Crippen molar-refractivity contribution in [3.8, 4) is 11.5 Å². The molecule has 0 unspecified atom stereocenters. The molecule has 1 heterocycles. The molecule has 1 aromatic heterocycles. The standard InChI is InChI=1S/C13H8BrClF3NO/c14-9-3-11(7-19-6-9)20-10-2-1-8(5-15)12(4-10)13(16,17)18/h1-4,6-7H,5H2. The molecular formula is C13H8BrClF3NO. The summed E-state index contributed by atoms with van der Waals surface area (Å²) >= 11 is 8.72. The van der Waals surface area contributed by atoms with Crippen LogP contribution in [0.4, 0.5) is 13.2 Å². The first-order valence-corrected chi connectivity index (χ1v) is 6.77. The third-order valence-electron chi connectivity index (χ3n) is 2.45. The van der Waals surface area contributed by atoms with E-state index in [2.05, 4.69) is 20.9 Å². The van der Waals surface area contributed by atoms with Crippen LogP contribution in [0.3, 0.4) is 0 Å². The highest BCUT2D eigenvalue weighted by molar-refractivity contribution is 9.10. The Kier molecular flexibility index (Phi) is 4.55. The van der Waals surface area contributed by atoms with Crippen molar-refractivity contribution in [3.63, 3.8) is 0 Å². The monoisotopic (exact) mass is 365 g/mol. The molecule has 0 saturated carbocycles. The van der Waals surface area contributed by atoms with Crippen LogP contribution in [0, 0.1) is 0 Å². The molecule has 0 amide bonds. The van der Waals surface area contributed by atoms with E-state index in [1.54, 1.807) is 12.3 Å². The first-order valence-electron chi connectivity index (χ1n) is 5.44. The smallest absolute Gasteiger partial charge is 0.416 e. The van der Waals surface area contributed by atoms with E-state index in [1.165, 1.54) is 18.3 Å². The molecule has 0 spiro atoms. The largest absolute Gasteiger partial charge is 0.456 e. The fraction of sp³-hybridized carbons (Fsp3) is 0.154. The van der Waals surface area contributed by atoms with E-state index in [0.717, 1.165) is 6.07 Å². The summed E-state index contributed by atoms with van der Waals surface area (Å²) in [4.78, 5) is 3.87. The molecule has 2 rings (SSSR count). The van der Waals surface area contributed by atoms with Crippen molar-refractivity contribution in [2.45, 2.75) is 12.1 Å². The Morgan fingerprint density at radius 1 is 1.15 bits per heavy atom. The van der Waals surface area contributed by atoms with Crippen molar-refractivity contribution >= 4 is 27.5 Å². The van der Waals surface area contributed by atoms with Crippen molar-refractivity contribution in [3.05, 3.63) is 52.3 Å². The van der Waals surface area contributed by atoms with Gasteiger partial charge in [-0.2, -0.15) is 13.2 Å². The maximum Gasteiger partial charge on any atom is 0.416 e. The zero-order valence-electron chi connectivity index (χ0n) is 9.92. The van der Waals surface area contributed by atoms with E-state index in [9.17, 15) is 13.2 Å². The average molecular weight is 367 g/mol. The maximum absolute atomic E-state index is 12.9. The Balaban J connectivity index is 2.34. The van der Waals surface area contributed by atoms with Gasteiger partial charge in [-0.3, -0.25) is 4.98 Å². The predicted molar refractivity (Wildman–Crippen MR) is 73.0 cm³/mol. The lowest BCUT2D eigenvalue weighted by Gasteiger charge is -2.13. The van der Waals surface area contributed by atoms with Gasteiger partial charge in [0.1, 0.15) is 11.5 Å². The molecule has 20 heavy (non-hydrogen) atoms. The van der Waals surface area contributed by atoms with Gasteiger partial charge in [-0.25, -0.2) is 0 Å². The normalized spacial score (nSPS) is 11.4. The summed E-state index contributed by atoms with van der Waals surface area (Å²) in [5.41, 5.74) is -0.785. The lowest BCUT2D eigenvalue weighted by Crippen LogP contribution is -2.08. The second kappa shape index (κ2) is 6.01. The average Bonchev–Trinajstić information content (AvgIpc) is 2.37. The van der Waals surface area contributed by atoms with Crippen LogP contribution in [0.2, 0.25) is 0 Å². The zero-order chi connectivity index (χ0) is 14.8. The van der Waals surface area contributed by atoms with Crippen molar-refractivity contribution in [2.75, 3.05) is 0 Å². The number of halogens is 5. The number of nitrogens with zero attached hydrogens (tertiary/aromatic N) is 1. The van der Waals surface area contributed by atoms with Gasteiger partial charge in [0.05, 0.1) is 11.8 Å². The fourth-order valence-corrected chi connectivity index (χ4v) is 2.16. The number of benzene rings is 1. The van der Waals surface area contributed by atoms with Gasteiger partial charge in [-0.1, -0.05) is 6.07 Å². The van der Waals surface area contributed by atoms with E-state index in [4.69, 9.17) is 16.3 Å². The van der Waals surface area contributed by atoms with Crippen molar-refractivity contribution < 1.29 is 17.9 Å². The Morgan fingerprint density at radius 3 is 2.50 bits per heavy atom. The maximum atomic E-state index is 12.9. The summed E-state index contributed by atoms with van der Waals surface area (Å²) in [7, 11) is 0. The molecule has 106 valence electrons. The summed E-state index contributed by atoms with van der Waals surface area (Å²) in [5.74, 6) is 0.199. The van der Waals surface area contributed by atoms with E-state index in [1.807, 2.05) is 0 Å². The number of ether oxygens (including phenoxy) is 1. The minimum absolute atomic E-state index is 0.0129. The number of hydrogen-bond acceptors (Lipinski definition) is 2. The molecule has 1 aromatic carbocycles. The second-order valence-electron chi connectivity index (χ2n) is 3.89. The van der Waals surface area contributed by atoms with Gasteiger partial charge >= 0.3 is 6.18 Å². The number of pyridine rings is 1. The van der Waals surface area contributed by atoms with Crippen LogP contribution >= 0.6 is 27.5 Å². The van der Waals surface area contributed by atoms with Gasteiger partial charge in [0.25, 0.3) is 0 Å². The van der Waals surface area contributed by atoms with Crippen LogP contribution in [0.15, 0.2) is 41.1 Å². The van der Waals surface area contributed by atoms with Crippen LogP contribution in [-0.4, -0.2) is 4.98 Å². The molecule has 0 aliphatic rings. The van der Waals surface area contributed by atoms with Crippen molar-refractivity contribution in [1.29, 1.82) is 0 Å². The molecule has 7 heteroatoms. The molecule has 2 nitrogen and oxygen atoms in total. The highest BCUT2D eigenvalue weighted by atomic mass is 79.9. The predicted octanol–water partition coefficient (Wildman–Crippen LogP) is 5.39. The Hall–Kier alpha value is -1.27.